The van der Waals surface area contributed by atoms with Gasteiger partial charge >= 0.3 is 0 Å². The van der Waals surface area contributed by atoms with Crippen molar-refractivity contribution in [3.05, 3.63) is 48.0 Å². The molecule has 2 aromatic carbocycles. The number of rotatable bonds is 5. The number of nitrogens with zero attached hydrogens (tertiary/aromatic N) is 1. The predicted molar refractivity (Wildman–Crippen MR) is 101 cm³/mol. The normalized spacial score (nSPS) is 15.0. The van der Waals surface area contributed by atoms with E-state index in [9.17, 15) is 13.2 Å². The van der Waals surface area contributed by atoms with Gasteiger partial charge in [0.2, 0.25) is 5.91 Å². The molecule has 0 unspecified atom stereocenters. The number of carbonyl (C=O) groups is 1. The second-order valence-corrected chi connectivity index (χ2v) is 7.99. The van der Waals surface area contributed by atoms with Crippen molar-refractivity contribution < 1.29 is 17.9 Å². The molecule has 0 bridgehead atoms. The maximum absolute atomic E-state index is 12.6. The first-order valence-electron chi connectivity index (χ1n) is 8.48. The third-order valence-corrected chi connectivity index (χ3v) is 5.77. The number of carbonyl (C=O) groups excluding carboxylic acids is 1. The smallest absolute Gasteiger partial charge is 0.261 e. The predicted octanol–water partition coefficient (Wildman–Crippen LogP) is 3.32. The van der Waals surface area contributed by atoms with Crippen molar-refractivity contribution in [2.24, 2.45) is 0 Å². The number of amides is 1. The fourth-order valence-corrected chi connectivity index (χ4v) is 4.01. The lowest BCUT2D eigenvalue weighted by atomic mass is 10.1. The molecule has 1 saturated heterocycles. The van der Waals surface area contributed by atoms with Crippen LogP contribution in [-0.2, 0) is 14.8 Å². The molecule has 0 aliphatic carbocycles. The summed E-state index contributed by atoms with van der Waals surface area (Å²) in [6.07, 6.45) is 2.27. The fourth-order valence-electron chi connectivity index (χ4n) is 2.96. The van der Waals surface area contributed by atoms with E-state index >= 15 is 0 Å². The highest BCUT2D eigenvalue weighted by atomic mass is 32.2. The zero-order chi connectivity index (χ0) is 18.7. The van der Waals surface area contributed by atoms with Crippen LogP contribution < -0.4 is 14.4 Å². The van der Waals surface area contributed by atoms with Gasteiger partial charge in [0.1, 0.15) is 5.75 Å². The van der Waals surface area contributed by atoms with Crippen LogP contribution in [0.25, 0.3) is 0 Å². The molecule has 1 fully saturated rings. The summed E-state index contributed by atoms with van der Waals surface area (Å²) in [7, 11) is -2.17. The summed E-state index contributed by atoms with van der Waals surface area (Å²) in [5, 5.41) is 0. The highest BCUT2D eigenvalue weighted by Crippen LogP contribution is 2.34. The Kier molecular flexibility index (Phi) is 5.18. The van der Waals surface area contributed by atoms with Crippen molar-refractivity contribution in [2.45, 2.75) is 31.1 Å². The summed E-state index contributed by atoms with van der Waals surface area (Å²) in [6, 6.07) is 11.6. The number of methoxy groups -OCH3 is 1. The lowest BCUT2D eigenvalue weighted by Gasteiger charge is -2.28. The summed E-state index contributed by atoms with van der Waals surface area (Å²) in [6.45, 7) is 2.50. The van der Waals surface area contributed by atoms with Gasteiger partial charge in [0.25, 0.3) is 10.0 Å². The van der Waals surface area contributed by atoms with Crippen molar-refractivity contribution >= 4 is 27.3 Å². The molecule has 0 aromatic heterocycles. The lowest BCUT2D eigenvalue weighted by molar-refractivity contribution is -0.119. The quantitative estimate of drug-likeness (QED) is 0.871. The molecule has 3 rings (SSSR count). The molecule has 1 aliphatic heterocycles. The number of benzene rings is 2. The minimum absolute atomic E-state index is 0.0214. The molecule has 2 aromatic rings. The van der Waals surface area contributed by atoms with Gasteiger partial charge in [0.15, 0.2) is 0 Å². The average molecular weight is 374 g/mol. The van der Waals surface area contributed by atoms with Crippen molar-refractivity contribution in [1.29, 1.82) is 0 Å². The van der Waals surface area contributed by atoms with Gasteiger partial charge in [-0.2, -0.15) is 0 Å². The van der Waals surface area contributed by atoms with Crippen LogP contribution in [0.5, 0.6) is 5.75 Å². The molecule has 1 heterocycles. The molecule has 0 spiro atoms. The Hall–Kier alpha value is -2.54. The number of hydrogen-bond donors (Lipinski definition) is 1. The molecule has 7 heteroatoms. The highest BCUT2D eigenvalue weighted by Gasteiger charge is 2.23. The number of piperidine rings is 1. The van der Waals surface area contributed by atoms with E-state index in [1.807, 2.05) is 6.92 Å². The molecule has 0 radical (unpaired) electrons. The Balaban J connectivity index is 1.92. The zero-order valence-corrected chi connectivity index (χ0v) is 15.7. The van der Waals surface area contributed by atoms with E-state index in [1.54, 1.807) is 47.4 Å². The largest absolute Gasteiger partial charge is 0.495 e. The SMILES string of the molecule is COc1ccc(NS(=O)(=O)c2ccc(C)cc2)cc1N1CCCCC1=O. The number of ether oxygens (including phenoxy) is 1. The van der Waals surface area contributed by atoms with Gasteiger partial charge in [-0.1, -0.05) is 17.7 Å². The van der Waals surface area contributed by atoms with Gasteiger partial charge in [-0.05, 0) is 50.1 Å². The summed E-state index contributed by atoms with van der Waals surface area (Å²) in [5.74, 6) is 0.562. The monoisotopic (exact) mass is 374 g/mol. The van der Waals surface area contributed by atoms with Crippen LogP contribution in [0.15, 0.2) is 47.4 Å². The van der Waals surface area contributed by atoms with Crippen LogP contribution in [0.3, 0.4) is 0 Å². The molecular weight excluding hydrogens is 352 g/mol. The van der Waals surface area contributed by atoms with Gasteiger partial charge < -0.3 is 9.64 Å². The van der Waals surface area contributed by atoms with Crippen LogP contribution >= 0.6 is 0 Å². The zero-order valence-electron chi connectivity index (χ0n) is 14.9. The summed E-state index contributed by atoms with van der Waals surface area (Å²) in [4.78, 5) is 14.1. The number of anilines is 2. The standard InChI is InChI=1S/C19H22N2O4S/c1-14-6-9-16(10-7-14)26(23,24)20-15-8-11-18(25-2)17(13-15)21-12-4-3-5-19(21)22/h6-11,13,20H,3-5,12H2,1-2H3. The molecule has 138 valence electrons. The van der Waals surface area contributed by atoms with Crippen LogP contribution in [0.2, 0.25) is 0 Å². The number of aryl methyl sites for hydroxylation is 1. The van der Waals surface area contributed by atoms with E-state index in [1.165, 1.54) is 7.11 Å². The Labute approximate surface area is 153 Å². The number of hydrogen-bond acceptors (Lipinski definition) is 4. The average Bonchev–Trinajstić information content (AvgIpc) is 2.62. The molecule has 1 amide bonds. The number of nitrogens with one attached hydrogen (secondary N) is 1. The molecule has 1 N–H and O–H groups in total. The molecule has 6 nitrogen and oxygen atoms in total. The van der Waals surface area contributed by atoms with Crippen molar-refractivity contribution in [2.75, 3.05) is 23.3 Å². The lowest BCUT2D eigenvalue weighted by Crippen LogP contribution is -2.35. The first-order chi connectivity index (χ1) is 12.4. The summed E-state index contributed by atoms with van der Waals surface area (Å²) < 4.78 is 33.1. The first-order valence-corrected chi connectivity index (χ1v) is 9.97. The Morgan fingerprint density at radius 1 is 1.08 bits per heavy atom. The number of sulfonamides is 1. The van der Waals surface area contributed by atoms with Crippen molar-refractivity contribution in [3.8, 4) is 5.75 Å². The fraction of sp³-hybridized carbons (Fsp3) is 0.316. The van der Waals surface area contributed by atoms with Crippen LogP contribution in [0.4, 0.5) is 11.4 Å². The van der Waals surface area contributed by atoms with E-state index in [-0.39, 0.29) is 10.8 Å². The molecule has 0 atom stereocenters. The molecular formula is C19H22N2O4S. The van der Waals surface area contributed by atoms with Crippen molar-refractivity contribution in [3.63, 3.8) is 0 Å². The third kappa shape index (κ3) is 3.83. The topological polar surface area (TPSA) is 75.7 Å². The highest BCUT2D eigenvalue weighted by molar-refractivity contribution is 7.92. The maximum atomic E-state index is 12.6. The van der Waals surface area contributed by atoms with Gasteiger partial charge in [0, 0.05) is 13.0 Å². The molecule has 0 saturated carbocycles. The third-order valence-electron chi connectivity index (χ3n) is 4.38. The molecule has 26 heavy (non-hydrogen) atoms. The Morgan fingerprint density at radius 3 is 2.46 bits per heavy atom. The first kappa shape index (κ1) is 18.3. The molecule has 1 aliphatic rings. The van der Waals surface area contributed by atoms with E-state index in [0.717, 1.165) is 18.4 Å². The Morgan fingerprint density at radius 2 is 1.81 bits per heavy atom. The van der Waals surface area contributed by atoms with E-state index in [4.69, 9.17) is 4.74 Å². The van der Waals surface area contributed by atoms with E-state index in [2.05, 4.69) is 4.72 Å². The second-order valence-electron chi connectivity index (χ2n) is 6.31. The van der Waals surface area contributed by atoms with Crippen LogP contribution in [-0.4, -0.2) is 28.0 Å². The minimum Gasteiger partial charge on any atom is -0.495 e. The minimum atomic E-state index is -3.70. The maximum Gasteiger partial charge on any atom is 0.261 e. The van der Waals surface area contributed by atoms with E-state index < -0.39 is 10.0 Å². The Bertz CT molecular complexity index is 908. The van der Waals surface area contributed by atoms with E-state index in [0.29, 0.717) is 30.1 Å². The summed E-state index contributed by atoms with van der Waals surface area (Å²) in [5.41, 5.74) is 1.96. The van der Waals surface area contributed by atoms with Crippen LogP contribution in [0, 0.1) is 6.92 Å². The van der Waals surface area contributed by atoms with Crippen LogP contribution in [0.1, 0.15) is 24.8 Å². The van der Waals surface area contributed by atoms with Gasteiger partial charge in [0.05, 0.1) is 23.4 Å². The van der Waals surface area contributed by atoms with Crippen molar-refractivity contribution in [1.82, 2.24) is 0 Å². The van der Waals surface area contributed by atoms with Gasteiger partial charge in [-0.3, -0.25) is 9.52 Å². The van der Waals surface area contributed by atoms with Gasteiger partial charge in [-0.25, -0.2) is 8.42 Å². The van der Waals surface area contributed by atoms with Gasteiger partial charge in [-0.15, -0.1) is 0 Å². The summed E-state index contributed by atoms with van der Waals surface area (Å²) >= 11 is 0. The second kappa shape index (κ2) is 7.37.